The summed E-state index contributed by atoms with van der Waals surface area (Å²) < 4.78 is 12.6. The SMILES string of the molecule is O=C(c1ccco1)N1CC(n2cc(COc3ccccc3)nn2)C1. The quantitative estimate of drug-likeness (QED) is 0.719. The van der Waals surface area contributed by atoms with E-state index in [0.29, 0.717) is 25.5 Å². The molecule has 7 nitrogen and oxygen atoms in total. The molecule has 1 amide bonds. The van der Waals surface area contributed by atoms with Crippen LogP contribution in [-0.2, 0) is 6.61 Å². The van der Waals surface area contributed by atoms with Crippen LogP contribution in [0.5, 0.6) is 5.75 Å². The Morgan fingerprint density at radius 2 is 2.04 bits per heavy atom. The molecule has 1 fully saturated rings. The summed E-state index contributed by atoms with van der Waals surface area (Å²) in [5, 5.41) is 8.25. The van der Waals surface area contributed by atoms with Crippen LogP contribution in [-0.4, -0.2) is 38.9 Å². The van der Waals surface area contributed by atoms with E-state index < -0.39 is 0 Å². The molecule has 0 radical (unpaired) electrons. The second-order valence-corrected chi connectivity index (χ2v) is 5.63. The van der Waals surface area contributed by atoms with Crippen LogP contribution < -0.4 is 4.74 Å². The lowest BCUT2D eigenvalue weighted by Crippen LogP contribution is -2.50. The van der Waals surface area contributed by atoms with E-state index in [4.69, 9.17) is 9.15 Å². The monoisotopic (exact) mass is 324 g/mol. The normalized spacial score (nSPS) is 14.4. The number of furan rings is 1. The zero-order valence-electron chi connectivity index (χ0n) is 12.9. The van der Waals surface area contributed by atoms with Crippen molar-refractivity contribution < 1.29 is 13.9 Å². The van der Waals surface area contributed by atoms with Crippen molar-refractivity contribution in [3.8, 4) is 5.75 Å². The molecule has 2 aromatic heterocycles. The molecule has 0 spiro atoms. The van der Waals surface area contributed by atoms with Crippen LogP contribution in [0.4, 0.5) is 0 Å². The average Bonchev–Trinajstić information content (AvgIpc) is 3.24. The maximum absolute atomic E-state index is 12.1. The highest BCUT2D eigenvalue weighted by Crippen LogP contribution is 2.23. The number of para-hydroxylation sites is 1. The Labute approximate surface area is 138 Å². The van der Waals surface area contributed by atoms with Crippen LogP contribution in [0.25, 0.3) is 0 Å². The number of carbonyl (C=O) groups is 1. The van der Waals surface area contributed by atoms with Crippen molar-refractivity contribution >= 4 is 5.91 Å². The molecule has 7 heteroatoms. The Morgan fingerprint density at radius 1 is 1.21 bits per heavy atom. The number of benzene rings is 1. The number of amides is 1. The molecule has 0 bridgehead atoms. The van der Waals surface area contributed by atoms with E-state index >= 15 is 0 Å². The summed E-state index contributed by atoms with van der Waals surface area (Å²) in [5.74, 6) is 1.07. The summed E-state index contributed by atoms with van der Waals surface area (Å²) in [6, 6.07) is 13.1. The highest BCUT2D eigenvalue weighted by Gasteiger charge is 2.34. The van der Waals surface area contributed by atoms with E-state index in [2.05, 4.69) is 10.3 Å². The molecule has 24 heavy (non-hydrogen) atoms. The van der Waals surface area contributed by atoms with Crippen molar-refractivity contribution in [3.63, 3.8) is 0 Å². The molecule has 4 rings (SSSR count). The van der Waals surface area contributed by atoms with Gasteiger partial charge in [0.1, 0.15) is 18.1 Å². The number of ether oxygens (including phenoxy) is 1. The predicted octanol–water partition coefficient (Wildman–Crippen LogP) is 2.15. The fourth-order valence-electron chi connectivity index (χ4n) is 2.58. The summed E-state index contributed by atoms with van der Waals surface area (Å²) in [6.45, 7) is 1.57. The van der Waals surface area contributed by atoms with Crippen LogP contribution in [0.2, 0.25) is 0 Å². The number of hydrogen-bond donors (Lipinski definition) is 0. The van der Waals surface area contributed by atoms with Gasteiger partial charge in [-0.15, -0.1) is 5.10 Å². The number of nitrogens with zero attached hydrogens (tertiary/aromatic N) is 4. The summed E-state index contributed by atoms with van der Waals surface area (Å²) in [4.78, 5) is 13.8. The van der Waals surface area contributed by atoms with Crippen LogP contribution in [0.1, 0.15) is 22.3 Å². The topological polar surface area (TPSA) is 73.4 Å². The van der Waals surface area contributed by atoms with Gasteiger partial charge in [0.2, 0.25) is 0 Å². The van der Waals surface area contributed by atoms with E-state index in [1.807, 2.05) is 36.5 Å². The van der Waals surface area contributed by atoms with Gasteiger partial charge in [0.05, 0.1) is 18.5 Å². The Morgan fingerprint density at radius 3 is 2.79 bits per heavy atom. The zero-order chi connectivity index (χ0) is 16.4. The highest BCUT2D eigenvalue weighted by atomic mass is 16.5. The second kappa shape index (κ2) is 6.19. The predicted molar refractivity (Wildman–Crippen MR) is 84.4 cm³/mol. The third kappa shape index (κ3) is 2.88. The number of carbonyl (C=O) groups excluding carboxylic acids is 1. The molecule has 0 aliphatic carbocycles. The molecule has 1 aliphatic rings. The molecule has 1 saturated heterocycles. The maximum atomic E-state index is 12.1. The van der Waals surface area contributed by atoms with Crippen molar-refractivity contribution in [2.75, 3.05) is 13.1 Å². The Hall–Kier alpha value is -3.09. The van der Waals surface area contributed by atoms with Gasteiger partial charge in [-0.3, -0.25) is 4.79 Å². The third-order valence-corrected chi connectivity index (χ3v) is 3.94. The van der Waals surface area contributed by atoms with E-state index in [-0.39, 0.29) is 11.9 Å². The summed E-state index contributed by atoms with van der Waals surface area (Å²) >= 11 is 0. The first-order valence-electron chi connectivity index (χ1n) is 7.71. The molecule has 0 atom stereocenters. The smallest absolute Gasteiger partial charge is 0.289 e. The van der Waals surface area contributed by atoms with Gasteiger partial charge in [-0.25, -0.2) is 4.68 Å². The van der Waals surface area contributed by atoms with Crippen molar-refractivity contribution in [2.24, 2.45) is 0 Å². The Balaban J connectivity index is 1.31. The number of rotatable bonds is 5. The molecule has 1 aromatic carbocycles. The summed E-state index contributed by atoms with van der Waals surface area (Å²) in [6.07, 6.45) is 3.36. The lowest BCUT2D eigenvalue weighted by Gasteiger charge is -2.38. The highest BCUT2D eigenvalue weighted by molar-refractivity contribution is 5.92. The molecular weight excluding hydrogens is 308 g/mol. The standard InChI is InChI=1S/C17H16N4O3/c22-17(16-7-4-8-23-16)20-10-14(11-20)21-9-13(18-19-21)12-24-15-5-2-1-3-6-15/h1-9,14H,10-12H2. The van der Waals surface area contributed by atoms with Gasteiger partial charge in [-0.05, 0) is 24.3 Å². The van der Waals surface area contributed by atoms with Gasteiger partial charge in [0.15, 0.2) is 5.76 Å². The number of hydrogen-bond acceptors (Lipinski definition) is 5. The van der Waals surface area contributed by atoms with Gasteiger partial charge < -0.3 is 14.1 Å². The van der Waals surface area contributed by atoms with Crippen molar-refractivity contribution in [1.29, 1.82) is 0 Å². The van der Waals surface area contributed by atoms with Crippen LogP contribution in [0, 0.1) is 0 Å². The van der Waals surface area contributed by atoms with Crippen LogP contribution in [0.3, 0.4) is 0 Å². The Kier molecular flexibility index (Phi) is 3.74. The van der Waals surface area contributed by atoms with Crippen LogP contribution in [0.15, 0.2) is 59.3 Å². The summed E-state index contributed by atoms with van der Waals surface area (Å²) in [5.41, 5.74) is 0.759. The van der Waals surface area contributed by atoms with Gasteiger partial charge >= 0.3 is 0 Å². The Bertz CT molecular complexity index is 808. The minimum atomic E-state index is -0.0935. The first-order valence-corrected chi connectivity index (χ1v) is 7.71. The molecule has 0 saturated carbocycles. The minimum absolute atomic E-state index is 0.0935. The van der Waals surface area contributed by atoms with Crippen LogP contribution >= 0.6 is 0 Å². The summed E-state index contributed by atoms with van der Waals surface area (Å²) in [7, 11) is 0. The lowest BCUT2D eigenvalue weighted by atomic mass is 10.1. The molecular formula is C17H16N4O3. The fraction of sp³-hybridized carbons (Fsp3) is 0.235. The molecule has 0 N–H and O–H groups in total. The minimum Gasteiger partial charge on any atom is -0.487 e. The van der Waals surface area contributed by atoms with E-state index in [9.17, 15) is 4.79 Å². The molecule has 1 aliphatic heterocycles. The fourth-order valence-corrected chi connectivity index (χ4v) is 2.58. The first-order chi connectivity index (χ1) is 11.8. The third-order valence-electron chi connectivity index (χ3n) is 3.94. The first kappa shape index (κ1) is 14.5. The molecule has 0 unspecified atom stereocenters. The maximum Gasteiger partial charge on any atom is 0.289 e. The molecule has 122 valence electrons. The van der Waals surface area contributed by atoms with Crippen molar-refractivity contribution in [2.45, 2.75) is 12.6 Å². The largest absolute Gasteiger partial charge is 0.487 e. The lowest BCUT2D eigenvalue weighted by molar-refractivity contribution is 0.0467. The number of aromatic nitrogens is 3. The second-order valence-electron chi connectivity index (χ2n) is 5.63. The average molecular weight is 324 g/mol. The van der Waals surface area contributed by atoms with Gasteiger partial charge in [-0.2, -0.15) is 0 Å². The van der Waals surface area contributed by atoms with E-state index in [1.54, 1.807) is 21.7 Å². The van der Waals surface area contributed by atoms with E-state index in [1.165, 1.54) is 6.26 Å². The molecule has 3 aromatic rings. The van der Waals surface area contributed by atoms with Crippen molar-refractivity contribution in [1.82, 2.24) is 19.9 Å². The van der Waals surface area contributed by atoms with Gasteiger partial charge in [-0.1, -0.05) is 23.4 Å². The molecule has 3 heterocycles. The number of likely N-dealkylation sites (tertiary alicyclic amines) is 1. The van der Waals surface area contributed by atoms with Gasteiger partial charge in [0.25, 0.3) is 5.91 Å². The van der Waals surface area contributed by atoms with Gasteiger partial charge in [0, 0.05) is 13.1 Å². The van der Waals surface area contributed by atoms with Crippen molar-refractivity contribution in [3.05, 3.63) is 66.4 Å². The zero-order valence-corrected chi connectivity index (χ0v) is 12.9. The van der Waals surface area contributed by atoms with E-state index in [0.717, 1.165) is 11.4 Å².